The molecule has 7 nitrogen and oxygen atoms in total. The number of nitrogens with zero attached hydrogens (tertiary/aromatic N) is 6. The van der Waals surface area contributed by atoms with Gasteiger partial charge in [-0.05, 0) is 31.9 Å². The van der Waals surface area contributed by atoms with E-state index in [-0.39, 0.29) is 12.1 Å². The summed E-state index contributed by atoms with van der Waals surface area (Å²) in [5.74, 6) is 0.774. The van der Waals surface area contributed by atoms with Gasteiger partial charge in [0.1, 0.15) is 11.9 Å². The van der Waals surface area contributed by atoms with Gasteiger partial charge >= 0.3 is 0 Å². The minimum Gasteiger partial charge on any atom is -0.370 e. The van der Waals surface area contributed by atoms with Crippen molar-refractivity contribution in [2.24, 2.45) is 0 Å². The molecule has 23 heavy (non-hydrogen) atoms. The molecule has 118 valence electrons. The van der Waals surface area contributed by atoms with Gasteiger partial charge in [-0.15, -0.1) is 5.10 Å². The first-order valence-electron chi connectivity index (χ1n) is 7.81. The highest BCUT2D eigenvalue weighted by molar-refractivity contribution is 5.58. The van der Waals surface area contributed by atoms with Crippen LogP contribution >= 0.6 is 0 Å². The summed E-state index contributed by atoms with van der Waals surface area (Å²) >= 11 is 0. The highest BCUT2D eigenvalue weighted by Gasteiger charge is 2.37. The quantitative estimate of drug-likeness (QED) is 0.794. The third-order valence-corrected chi connectivity index (χ3v) is 4.67. The van der Waals surface area contributed by atoms with Crippen LogP contribution in [0.4, 0.5) is 5.82 Å². The maximum absolute atomic E-state index is 9.51. The molecule has 0 saturated carbocycles. The third-order valence-electron chi connectivity index (χ3n) is 4.67. The number of ether oxygens (including phenoxy) is 1. The Morgan fingerprint density at radius 2 is 2.26 bits per heavy atom. The number of piperidine rings is 1. The number of hydrogen-bond donors (Lipinski definition) is 0. The van der Waals surface area contributed by atoms with E-state index in [1.807, 2.05) is 24.6 Å². The molecule has 4 rings (SSSR count). The normalized spacial score (nSPS) is 23.1. The Balaban J connectivity index is 1.70. The van der Waals surface area contributed by atoms with Gasteiger partial charge in [0.25, 0.3) is 0 Å². The average molecular weight is 310 g/mol. The van der Waals surface area contributed by atoms with Gasteiger partial charge in [-0.2, -0.15) is 5.26 Å². The van der Waals surface area contributed by atoms with E-state index in [1.54, 1.807) is 6.20 Å². The molecule has 0 radical (unpaired) electrons. The number of nitriles is 1. The Hall–Kier alpha value is -2.46. The van der Waals surface area contributed by atoms with Gasteiger partial charge in [-0.1, -0.05) is 5.21 Å². The summed E-state index contributed by atoms with van der Waals surface area (Å²) in [5, 5.41) is 17.7. The Morgan fingerprint density at radius 3 is 3.09 bits per heavy atom. The maximum Gasteiger partial charge on any atom is 0.147 e. The van der Waals surface area contributed by atoms with Crippen molar-refractivity contribution in [2.45, 2.75) is 39.0 Å². The van der Waals surface area contributed by atoms with Crippen molar-refractivity contribution >= 4 is 5.82 Å². The van der Waals surface area contributed by atoms with Crippen molar-refractivity contribution in [3.05, 3.63) is 34.8 Å². The standard InChI is InChI=1S/C16H18N6O/c1-10-5-11(2)19-16(13(10)6-17)21-4-3-15-14(8-21)22-12(9-23-15)7-18-20-22/h5,7,14-15H,3-4,8-9H2,1-2H3/t14-,15-/m1/s1. The fourth-order valence-corrected chi connectivity index (χ4v) is 3.56. The number of aromatic nitrogens is 4. The second kappa shape index (κ2) is 5.32. The van der Waals surface area contributed by atoms with Gasteiger partial charge in [-0.3, -0.25) is 0 Å². The van der Waals surface area contributed by atoms with Crippen molar-refractivity contribution in [2.75, 3.05) is 18.0 Å². The Morgan fingerprint density at radius 1 is 1.39 bits per heavy atom. The van der Waals surface area contributed by atoms with Gasteiger partial charge in [0.2, 0.25) is 0 Å². The average Bonchev–Trinajstić information content (AvgIpc) is 3.02. The molecule has 0 aliphatic carbocycles. The number of pyridine rings is 1. The molecular weight excluding hydrogens is 292 g/mol. The summed E-state index contributed by atoms with van der Waals surface area (Å²) in [7, 11) is 0. The predicted molar refractivity (Wildman–Crippen MR) is 82.9 cm³/mol. The van der Waals surface area contributed by atoms with E-state index in [0.29, 0.717) is 12.2 Å². The van der Waals surface area contributed by atoms with Crippen molar-refractivity contribution in [1.82, 2.24) is 20.0 Å². The molecule has 0 spiro atoms. The highest BCUT2D eigenvalue weighted by Crippen LogP contribution is 2.33. The van der Waals surface area contributed by atoms with E-state index in [4.69, 9.17) is 4.74 Å². The molecule has 0 bridgehead atoms. The van der Waals surface area contributed by atoms with Crippen molar-refractivity contribution < 1.29 is 4.74 Å². The lowest BCUT2D eigenvalue weighted by Crippen LogP contribution is -2.48. The zero-order valence-electron chi connectivity index (χ0n) is 13.2. The van der Waals surface area contributed by atoms with Crippen LogP contribution in [0.5, 0.6) is 0 Å². The summed E-state index contributed by atoms with van der Waals surface area (Å²) in [6, 6.07) is 4.37. The molecule has 0 N–H and O–H groups in total. The van der Waals surface area contributed by atoms with Crippen molar-refractivity contribution in [1.29, 1.82) is 5.26 Å². The molecule has 0 aromatic carbocycles. The fraction of sp³-hybridized carbons (Fsp3) is 0.500. The minimum atomic E-state index is 0.115. The number of fused-ring (bicyclic) bond motifs is 3. The second-order valence-corrected chi connectivity index (χ2v) is 6.21. The van der Waals surface area contributed by atoms with E-state index in [1.165, 1.54) is 0 Å². The second-order valence-electron chi connectivity index (χ2n) is 6.21. The molecule has 1 saturated heterocycles. The molecule has 2 aliphatic rings. The third kappa shape index (κ3) is 2.26. The van der Waals surface area contributed by atoms with Crippen LogP contribution in [0, 0.1) is 25.2 Å². The van der Waals surface area contributed by atoms with Gasteiger partial charge in [0, 0.05) is 18.8 Å². The zero-order chi connectivity index (χ0) is 16.0. The maximum atomic E-state index is 9.51. The van der Waals surface area contributed by atoms with Crippen molar-refractivity contribution in [3.63, 3.8) is 0 Å². The Bertz CT molecular complexity index is 792. The smallest absolute Gasteiger partial charge is 0.147 e. The summed E-state index contributed by atoms with van der Waals surface area (Å²) in [4.78, 5) is 6.81. The monoisotopic (exact) mass is 310 g/mol. The molecule has 2 aromatic rings. The van der Waals surface area contributed by atoms with E-state index >= 15 is 0 Å². The van der Waals surface area contributed by atoms with Crippen LogP contribution in [0.3, 0.4) is 0 Å². The van der Waals surface area contributed by atoms with Gasteiger partial charge in [0.05, 0.1) is 36.2 Å². The first-order valence-corrected chi connectivity index (χ1v) is 7.81. The van der Waals surface area contributed by atoms with Crippen LogP contribution < -0.4 is 4.90 Å². The molecule has 2 aliphatic heterocycles. The molecule has 2 atom stereocenters. The lowest BCUT2D eigenvalue weighted by Gasteiger charge is -2.41. The van der Waals surface area contributed by atoms with Gasteiger partial charge in [0.15, 0.2) is 0 Å². The zero-order valence-corrected chi connectivity index (χ0v) is 13.2. The van der Waals surface area contributed by atoms with Gasteiger partial charge in [-0.25, -0.2) is 9.67 Å². The van der Waals surface area contributed by atoms with Crippen LogP contribution in [0.2, 0.25) is 0 Å². The molecule has 4 heterocycles. The topological polar surface area (TPSA) is 79.9 Å². The van der Waals surface area contributed by atoms with E-state index < -0.39 is 0 Å². The first kappa shape index (κ1) is 14.2. The summed E-state index contributed by atoms with van der Waals surface area (Å²) < 4.78 is 7.91. The predicted octanol–water partition coefficient (Wildman–Crippen LogP) is 1.51. The number of anilines is 1. The first-order chi connectivity index (χ1) is 11.2. The molecule has 2 aromatic heterocycles. The summed E-state index contributed by atoms with van der Waals surface area (Å²) in [5.41, 5.74) is 3.56. The van der Waals surface area contributed by atoms with Crippen LogP contribution in [-0.2, 0) is 11.3 Å². The van der Waals surface area contributed by atoms with E-state index in [0.717, 1.165) is 42.3 Å². The lowest BCUT2D eigenvalue weighted by molar-refractivity contribution is -0.0373. The van der Waals surface area contributed by atoms with Crippen LogP contribution in [0.15, 0.2) is 12.3 Å². The SMILES string of the molecule is Cc1cc(C)c(C#N)c(N2CC[C@H]3OCc4cnnn4[C@@H]3C2)n1. The van der Waals surface area contributed by atoms with Crippen molar-refractivity contribution in [3.8, 4) is 6.07 Å². The molecule has 1 fully saturated rings. The molecule has 0 unspecified atom stereocenters. The van der Waals surface area contributed by atoms with Crippen LogP contribution in [0.25, 0.3) is 0 Å². The van der Waals surface area contributed by atoms with E-state index in [9.17, 15) is 5.26 Å². The lowest BCUT2D eigenvalue weighted by atomic mass is 9.99. The number of rotatable bonds is 1. The fourth-order valence-electron chi connectivity index (χ4n) is 3.56. The minimum absolute atomic E-state index is 0.115. The summed E-state index contributed by atoms with van der Waals surface area (Å²) in [6.45, 7) is 6.05. The largest absolute Gasteiger partial charge is 0.370 e. The van der Waals surface area contributed by atoms with Crippen LogP contribution in [0.1, 0.15) is 35.0 Å². The Kier molecular flexibility index (Phi) is 3.27. The van der Waals surface area contributed by atoms with Crippen LogP contribution in [-0.4, -0.2) is 39.2 Å². The molecular formula is C16H18N6O. The number of aryl methyl sites for hydroxylation is 2. The van der Waals surface area contributed by atoms with E-state index in [2.05, 4.69) is 26.3 Å². The molecule has 0 amide bonds. The molecule has 7 heteroatoms. The Labute approximate surface area is 134 Å². The van der Waals surface area contributed by atoms with Gasteiger partial charge < -0.3 is 9.64 Å². The summed E-state index contributed by atoms with van der Waals surface area (Å²) in [6.07, 6.45) is 2.80. The highest BCUT2D eigenvalue weighted by atomic mass is 16.5. The number of hydrogen-bond acceptors (Lipinski definition) is 6.